The molecule has 10 heteroatoms. The zero-order chi connectivity index (χ0) is 31.8. The van der Waals surface area contributed by atoms with Crippen LogP contribution in [0.5, 0.6) is 0 Å². The second kappa shape index (κ2) is 14.5. The number of para-hydroxylation sites is 1. The van der Waals surface area contributed by atoms with Crippen LogP contribution < -0.4 is 10.2 Å². The topological polar surface area (TPSA) is 110 Å². The van der Waals surface area contributed by atoms with Crippen LogP contribution in [0.25, 0.3) is 0 Å². The van der Waals surface area contributed by atoms with Crippen LogP contribution in [0.2, 0.25) is 0 Å². The van der Waals surface area contributed by atoms with E-state index < -0.39 is 11.5 Å². The van der Waals surface area contributed by atoms with Gasteiger partial charge in [0.15, 0.2) is 5.78 Å². The summed E-state index contributed by atoms with van der Waals surface area (Å²) < 4.78 is 13.2. The van der Waals surface area contributed by atoms with E-state index in [4.69, 9.17) is 5.11 Å². The highest BCUT2D eigenvalue weighted by Gasteiger charge is 2.53. The number of carbonyl (C=O) groups is 4. The smallest absolute Gasteiger partial charge is 0.303 e. The molecule has 0 aliphatic carbocycles. The summed E-state index contributed by atoms with van der Waals surface area (Å²) in [5.41, 5.74) is 2.57. The molecule has 0 bridgehead atoms. The summed E-state index contributed by atoms with van der Waals surface area (Å²) in [6, 6.07) is 23.1. The summed E-state index contributed by atoms with van der Waals surface area (Å²) in [4.78, 5) is 55.7. The predicted molar refractivity (Wildman–Crippen MR) is 170 cm³/mol. The maximum absolute atomic E-state index is 14.1. The Kier molecular flexibility index (Phi) is 10.2. The molecule has 3 aromatic rings. The third-order valence-corrected chi connectivity index (χ3v) is 8.78. The standard InChI is InChI=1S/C35H39FN4O5/c36-28-12-10-27(11-13-28)31(41)7-4-21-38-23-19-35(20-24-38)34(45)39(25-40(35)30-5-2-1-3-6-30)22-18-26-8-14-29(15-9-26)37-32(42)16-17-33(43)44/h1-3,5-6,8-15H,4,7,16-25H2,(H,37,42)(H,43,44). The average Bonchev–Trinajstić information content (AvgIpc) is 3.31. The first-order valence-corrected chi connectivity index (χ1v) is 15.5. The molecule has 236 valence electrons. The highest BCUT2D eigenvalue weighted by molar-refractivity contribution is 5.96. The van der Waals surface area contributed by atoms with E-state index in [2.05, 4.69) is 27.2 Å². The first-order chi connectivity index (χ1) is 21.7. The molecule has 0 saturated carbocycles. The first-order valence-electron chi connectivity index (χ1n) is 15.5. The summed E-state index contributed by atoms with van der Waals surface area (Å²) in [7, 11) is 0. The van der Waals surface area contributed by atoms with Crippen LogP contribution in [0.3, 0.4) is 0 Å². The molecule has 2 heterocycles. The van der Waals surface area contributed by atoms with Gasteiger partial charge in [-0.1, -0.05) is 30.3 Å². The van der Waals surface area contributed by atoms with Crippen LogP contribution >= 0.6 is 0 Å². The van der Waals surface area contributed by atoms with Gasteiger partial charge in [-0.3, -0.25) is 19.2 Å². The van der Waals surface area contributed by atoms with Crippen LogP contribution in [-0.4, -0.2) is 76.9 Å². The number of carbonyl (C=O) groups excluding carboxylic acids is 3. The van der Waals surface area contributed by atoms with Gasteiger partial charge in [-0.2, -0.15) is 0 Å². The molecule has 2 aliphatic rings. The van der Waals surface area contributed by atoms with Crippen molar-refractivity contribution in [1.29, 1.82) is 0 Å². The third-order valence-electron chi connectivity index (χ3n) is 8.78. The Balaban J connectivity index is 1.16. The van der Waals surface area contributed by atoms with Crippen molar-refractivity contribution in [1.82, 2.24) is 9.80 Å². The van der Waals surface area contributed by atoms with Crippen LogP contribution in [-0.2, 0) is 20.8 Å². The van der Waals surface area contributed by atoms with E-state index in [-0.39, 0.29) is 36.3 Å². The number of nitrogens with zero attached hydrogens (tertiary/aromatic N) is 3. The molecule has 0 atom stereocenters. The summed E-state index contributed by atoms with van der Waals surface area (Å²) in [6.45, 7) is 3.35. The number of benzene rings is 3. The number of Topliss-reactive ketones (excluding diaryl/α,β-unsaturated/α-hetero) is 1. The highest BCUT2D eigenvalue weighted by atomic mass is 19.1. The number of rotatable bonds is 13. The molecule has 0 radical (unpaired) electrons. The van der Waals surface area contributed by atoms with Gasteiger partial charge in [0.05, 0.1) is 13.1 Å². The number of halogens is 1. The van der Waals surface area contributed by atoms with Crippen molar-refractivity contribution in [3.8, 4) is 0 Å². The number of aliphatic carboxylic acids is 1. The Morgan fingerprint density at radius 3 is 2.20 bits per heavy atom. The second-order valence-electron chi connectivity index (χ2n) is 11.8. The lowest BCUT2D eigenvalue weighted by Gasteiger charge is -2.43. The number of ketones is 1. The van der Waals surface area contributed by atoms with E-state index in [1.807, 2.05) is 35.2 Å². The van der Waals surface area contributed by atoms with Crippen molar-refractivity contribution in [2.75, 3.05) is 43.1 Å². The highest BCUT2D eigenvalue weighted by Crippen LogP contribution is 2.39. The lowest BCUT2D eigenvalue weighted by atomic mass is 9.85. The summed E-state index contributed by atoms with van der Waals surface area (Å²) in [5.74, 6) is -1.56. The average molecular weight is 615 g/mol. The Bertz CT molecular complexity index is 1490. The van der Waals surface area contributed by atoms with Gasteiger partial charge in [0.2, 0.25) is 11.8 Å². The van der Waals surface area contributed by atoms with Crippen LogP contribution in [0.15, 0.2) is 78.9 Å². The maximum Gasteiger partial charge on any atom is 0.303 e. The minimum absolute atomic E-state index is 0.00970. The molecule has 5 rings (SSSR count). The van der Waals surface area contributed by atoms with Crippen LogP contribution in [0.4, 0.5) is 15.8 Å². The fraction of sp³-hybridized carbons (Fsp3) is 0.371. The van der Waals surface area contributed by atoms with E-state index in [1.165, 1.54) is 24.3 Å². The number of carboxylic acid groups (broad SMARTS) is 1. The third kappa shape index (κ3) is 7.94. The van der Waals surface area contributed by atoms with Gasteiger partial charge >= 0.3 is 5.97 Å². The predicted octanol–water partition coefficient (Wildman–Crippen LogP) is 4.98. The molecular weight excluding hydrogens is 575 g/mol. The van der Waals surface area contributed by atoms with Crippen molar-refractivity contribution in [3.05, 3.63) is 95.8 Å². The molecule has 9 nitrogen and oxygen atoms in total. The van der Waals surface area contributed by atoms with Crippen molar-refractivity contribution in [2.45, 2.75) is 50.5 Å². The number of anilines is 2. The Morgan fingerprint density at radius 2 is 1.53 bits per heavy atom. The zero-order valence-electron chi connectivity index (χ0n) is 25.3. The van der Waals surface area contributed by atoms with Gasteiger partial charge in [0, 0.05) is 49.4 Å². The summed E-state index contributed by atoms with van der Waals surface area (Å²) in [6.07, 6.45) is 2.85. The lowest BCUT2D eigenvalue weighted by molar-refractivity contribution is -0.138. The number of carboxylic acids is 1. The molecule has 1 spiro atoms. The summed E-state index contributed by atoms with van der Waals surface area (Å²) in [5, 5.41) is 11.5. The molecule has 3 aromatic carbocycles. The minimum atomic E-state index is -1.01. The normalized spacial score (nSPS) is 16.2. The maximum atomic E-state index is 14.1. The summed E-state index contributed by atoms with van der Waals surface area (Å²) >= 11 is 0. The molecule has 2 saturated heterocycles. The van der Waals surface area contributed by atoms with Gasteiger partial charge in [-0.25, -0.2) is 4.39 Å². The fourth-order valence-electron chi connectivity index (χ4n) is 6.23. The Labute approximate surface area is 262 Å². The van der Waals surface area contributed by atoms with E-state index >= 15 is 0 Å². The molecule has 45 heavy (non-hydrogen) atoms. The molecule has 0 aromatic heterocycles. The number of likely N-dealkylation sites (tertiary alicyclic amines) is 1. The monoisotopic (exact) mass is 614 g/mol. The SMILES string of the molecule is O=C(O)CCC(=O)Nc1ccc(CCN2CN(c3ccccc3)C3(CCN(CCCC(=O)c4ccc(F)cc4)CC3)C2=O)cc1. The van der Waals surface area contributed by atoms with Gasteiger partial charge in [-0.15, -0.1) is 0 Å². The molecule has 2 aliphatic heterocycles. The minimum Gasteiger partial charge on any atom is -0.481 e. The number of hydrogen-bond acceptors (Lipinski definition) is 6. The van der Waals surface area contributed by atoms with Crippen molar-refractivity contribution in [3.63, 3.8) is 0 Å². The number of piperidine rings is 1. The number of hydrogen-bond donors (Lipinski definition) is 2. The largest absolute Gasteiger partial charge is 0.481 e. The lowest BCUT2D eigenvalue weighted by Crippen LogP contribution is -2.56. The molecule has 2 N–H and O–H groups in total. The van der Waals surface area contributed by atoms with E-state index in [9.17, 15) is 23.6 Å². The quantitative estimate of drug-likeness (QED) is 0.262. The molecular formula is C35H39FN4O5. The van der Waals surface area contributed by atoms with E-state index in [0.717, 1.165) is 30.9 Å². The molecule has 2 amide bonds. The molecule has 2 fully saturated rings. The van der Waals surface area contributed by atoms with Crippen LogP contribution in [0.1, 0.15) is 54.4 Å². The second-order valence-corrected chi connectivity index (χ2v) is 11.8. The van der Waals surface area contributed by atoms with Gasteiger partial charge in [-0.05, 0) is 86.3 Å². The van der Waals surface area contributed by atoms with Crippen LogP contribution in [0, 0.1) is 5.82 Å². The van der Waals surface area contributed by atoms with Gasteiger partial charge in [0.25, 0.3) is 0 Å². The zero-order valence-corrected chi connectivity index (χ0v) is 25.3. The van der Waals surface area contributed by atoms with Crippen molar-refractivity contribution < 1.29 is 28.7 Å². The van der Waals surface area contributed by atoms with Crippen molar-refractivity contribution in [2.24, 2.45) is 0 Å². The van der Waals surface area contributed by atoms with Gasteiger partial charge < -0.3 is 25.1 Å². The van der Waals surface area contributed by atoms with E-state index in [0.29, 0.717) is 56.6 Å². The number of amides is 2. The Hall–Kier alpha value is -4.57. The number of nitrogens with one attached hydrogen (secondary N) is 1. The fourth-order valence-corrected chi connectivity index (χ4v) is 6.23. The first kappa shape index (κ1) is 31.8. The Morgan fingerprint density at radius 1 is 0.844 bits per heavy atom. The van der Waals surface area contributed by atoms with Crippen molar-refractivity contribution >= 4 is 34.9 Å². The van der Waals surface area contributed by atoms with E-state index in [1.54, 1.807) is 12.1 Å². The van der Waals surface area contributed by atoms with Gasteiger partial charge in [0.1, 0.15) is 11.4 Å². The molecule has 0 unspecified atom stereocenters.